The van der Waals surface area contributed by atoms with E-state index in [4.69, 9.17) is 0 Å². The number of hydrogen-bond donors (Lipinski definition) is 2. The number of allylic oxidation sites excluding steroid dienone is 1. The second kappa shape index (κ2) is 6.20. The van der Waals surface area contributed by atoms with Crippen molar-refractivity contribution in [2.75, 3.05) is 5.32 Å². The molecule has 0 fully saturated rings. The van der Waals surface area contributed by atoms with Crippen LogP contribution in [-0.4, -0.2) is 6.03 Å². The van der Waals surface area contributed by atoms with Gasteiger partial charge in [0.25, 0.3) is 0 Å². The summed E-state index contributed by atoms with van der Waals surface area (Å²) in [5.41, 5.74) is -0.375. The zero-order chi connectivity index (χ0) is 16.3. The Labute approximate surface area is 122 Å². The molecule has 2 N–H and O–H groups in total. The second-order valence-electron chi connectivity index (χ2n) is 5.72. The molecule has 0 aliphatic heterocycles. The van der Waals surface area contributed by atoms with E-state index in [-0.39, 0.29) is 11.1 Å². The predicted molar refractivity (Wildman–Crippen MR) is 76.8 cm³/mol. The highest BCUT2D eigenvalue weighted by atomic mass is 19.4. The smallest absolute Gasteiger partial charge is 0.314 e. The summed E-state index contributed by atoms with van der Waals surface area (Å²) in [6.07, 6.45) is -3.02. The van der Waals surface area contributed by atoms with E-state index in [0.717, 1.165) is 11.6 Å². The molecule has 1 rings (SSSR count). The number of carbonyl (C=O) groups is 1. The third-order valence-electron chi connectivity index (χ3n) is 3.08. The summed E-state index contributed by atoms with van der Waals surface area (Å²) in [4.78, 5) is 11.7. The Bertz CT molecular complexity index is 543. The van der Waals surface area contributed by atoms with E-state index in [2.05, 4.69) is 10.6 Å². The number of nitrogens with one attached hydrogen (secondary N) is 2. The molecule has 0 aromatic heterocycles. The van der Waals surface area contributed by atoms with Crippen LogP contribution in [0, 0.1) is 5.41 Å². The van der Waals surface area contributed by atoms with Gasteiger partial charge in [0.05, 0.1) is 11.3 Å². The zero-order valence-electron chi connectivity index (χ0n) is 12.4. The van der Waals surface area contributed by atoms with Gasteiger partial charge in [0.1, 0.15) is 0 Å². The highest BCUT2D eigenvalue weighted by Gasteiger charge is 2.33. The number of rotatable bonds is 2. The van der Waals surface area contributed by atoms with Gasteiger partial charge < -0.3 is 10.6 Å². The van der Waals surface area contributed by atoms with E-state index in [1.165, 1.54) is 24.4 Å². The van der Waals surface area contributed by atoms with Crippen LogP contribution in [0.4, 0.5) is 23.7 Å². The average molecular weight is 300 g/mol. The van der Waals surface area contributed by atoms with E-state index in [1.807, 2.05) is 27.7 Å². The van der Waals surface area contributed by atoms with Gasteiger partial charge in [0.15, 0.2) is 0 Å². The highest BCUT2D eigenvalue weighted by Crippen LogP contribution is 2.34. The number of hydrogen-bond acceptors (Lipinski definition) is 1. The fourth-order valence-corrected chi connectivity index (χ4v) is 1.39. The van der Waals surface area contributed by atoms with Gasteiger partial charge in [0.2, 0.25) is 0 Å². The summed E-state index contributed by atoms with van der Waals surface area (Å²) in [5, 5.41) is 4.65. The molecule has 0 saturated carbocycles. The van der Waals surface area contributed by atoms with E-state index in [1.54, 1.807) is 0 Å². The van der Waals surface area contributed by atoms with Crippen LogP contribution in [-0.2, 0) is 6.18 Å². The number of carbonyl (C=O) groups excluding carboxylic acids is 1. The molecular formula is C15H19F3N2O. The molecular weight excluding hydrogens is 281 g/mol. The Morgan fingerprint density at radius 3 is 2.24 bits per heavy atom. The summed E-state index contributed by atoms with van der Waals surface area (Å²) in [7, 11) is 0. The van der Waals surface area contributed by atoms with E-state index in [0.29, 0.717) is 0 Å². The largest absolute Gasteiger partial charge is 0.418 e. The number of urea groups is 1. The van der Waals surface area contributed by atoms with Crippen molar-refractivity contribution in [3.8, 4) is 0 Å². The SMILES string of the molecule is C/C(=C\NC(=O)Nc1ccccc1C(F)(F)F)C(C)(C)C. The molecule has 2 amide bonds. The fourth-order valence-electron chi connectivity index (χ4n) is 1.39. The first kappa shape index (κ1) is 17.1. The first-order valence-corrected chi connectivity index (χ1v) is 6.43. The molecule has 0 spiro atoms. The lowest BCUT2D eigenvalue weighted by Crippen LogP contribution is -2.26. The lowest BCUT2D eigenvalue weighted by atomic mass is 9.88. The normalized spacial score (nSPS) is 13.0. The topological polar surface area (TPSA) is 41.1 Å². The maximum atomic E-state index is 12.8. The lowest BCUT2D eigenvalue weighted by Gasteiger charge is -2.19. The number of halogens is 3. The van der Waals surface area contributed by atoms with Crippen molar-refractivity contribution in [3.05, 3.63) is 41.6 Å². The number of anilines is 1. The number of amides is 2. The molecule has 116 valence electrons. The van der Waals surface area contributed by atoms with Gasteiger partial charge in [-0.05, 0) is 24.5 Å². The summed E-state index contributed by atoms with van der Waals surface area (Å²) in [5.74, 6) is 0. The Morgan fingerprint density at radius 1 is 1.14 bits per heavy atom. The minimum Gasteiger partial charge on any atom is -0.314 e. The van der Waals surface area contributed by atoms with Crippen LogP contribution in [0.2, 0.25) is 0 Å². The number of para-hydroxylation sites is 1. The molecule has 0 saturated heterocycles. The monoisotopic (exact) mass is 300 g/mol. The molecule has 1 aromatic rings. The maximum Gasteiger partial charge on any atom is 0.418 e. The van der Waals surface area contributed by atoms with Gasteiger partial charge in [-0.15, -0.1) is 0 Å². The summed E-state index contributed by atoms with van der Waals surface area (Å²) >= 11 is 0. The average Bonchev–Trinajstić information content (AvgIpc) is 2.34. The molecule has 0 unspecified atom stereocenters. The maximum absolute atomic E-state index is 12.8. The van der Waals surface area contributed by atoms with Gasteiger partial charge in [-0.1, -0.05) is 38.5 Å². The van der Waals surface area contributed by atoms with Crippen molar-refractivity contribution in [1.82, 2.24) is 5.32 Å². The number of benzene rings is 1. The summed E-state index contributed by atoms with van der Waals surface area (Å²) in [6, 6.07) is 4.13. The molecule has 0 atom stereocenters. The molecule has 0 bridgehead atoms. The van der Waals surface area contributed by atoms with Crippen molar-refractivity contribution in [3.63, 3.8) is 0 Å². The van der Waals surface area contributed by atoms with E-state index >= 15 is 0 Å². The quantitative estimate of drug-likeness (QED) is 0.811. The number of alkyl halides is 3. The van der Waals surface area contributed by atoms with Crippen LogP contribution in [0.5, 0.6) is 0 Å². The second-order valence-corrected chi connectivity index (χ2v) is 5.72. The predicted octanol–water partition coefficient (Wildman–Crippen LogP) is 4.78. The molecule has 1 aromatic carbocycles. The third-order valence-corrected chi connectivity index (χ3v) is 3.08. The van der Waals surface area contributed by atoms with E-state index < -0.39 is 17.8 Å². The van der Waals surface area contributed by atoms with Gasteiger partial charge >= 0.3 is 12.2 Å². The zero-order valence-corrected chi connectivity index (χ0v) is 12.4. The summed E-state index contributed by atoms with van der Waals surface area (Å²) < 4.78 is 38.4. The molecule has 6 heteroatoms. The van der Waals surface area contributed by atoms with Crippen LogP contribution >= 0.6 is 0 Å². The van der Waals surface area contributed by atoms with Crippen molar-refractivity contribution in [2.24, 2.45) is 5.41 Å². The first-order valence-electron chi connectivity index (χ1n) is 6.43. The Balaban J connectivity index is 2.82. The van der Waals surface area contributed by atoms with Crippen LogP contribution in [0.1, 0.15) is 33.3 Å². The van der Waals surface area contributed by atoms with Crippen molar-refractivity contribution < 1.29 is 18.0 Å². The molecule has 0 aliphatic carbocycles. The standard InChI is InChI=1S/C15H19F3N2O/c1-10(14(2,3)4)9-19-13(21)20-12-8-6-5-7-11(12)15(16,17)18/h5-9H,1-4H3,(H2,19,20,21)/b10-9+. The van der Waals surface area contributed by atoms with Gasteiger partial charge in [-0.2, -0.15) is 13.2 Å². The van der Waals surface area contributed by atoms with Crippen LogP contribution < -0.4 is 10.6 Å². The molecule has 21 heavy (non-hydrogen) atoms. The van der Waals surface area contributed by atoms with Crippen LogP contribution in [0.3, 0.4) is 0 Å². The molecule has 0 radical (unpaired) electrons. The van der Waals surface area contributed by atoms with Crippen LogP contribution in [0.15, 0.2) is 36.0 Å². The van der Waals surface area contributed by atoms with Crippen molar-refractivity contribution in [1.29, 1.82) is 0 Å². The minimum atomic E-state index is -4.51. The van der Waals surface area contributed by atoms with Gasteiger partial charge in [0, 0.05) is 6.20 Å². The molecule has 0 heterocycles. The van der Waals surface area contributed by atoms with Gasteiger partial charge in [-0.25, -0.2) is 4.79 Å². The molecule has 0 aliphatic rings. The van der Waals surface area contributed by atoms with Gasteiger partial charge in [-0.3, -0.25) is 0 Å². The Morgan fingerprint density at radius 2 is 1.71 bits per heavy atom. The fraction of sp³-hybridized carbons (Fsp3) is 0.400. The molecule has 3 nitrogen and oxygen atoms in total. The van der Waals surface area contributed by atoms with E-state index in [9.17, 15) is 18.0 Å². The third kappa shape index (κ3) is 5.13. The first-order chi connectivity index (χ1) is 9.51. The highest BCUT2D eigenvalue weighted by molar-refractivity contribution is 5.90. The van der Waals surface area contributed by atoms with Crippen LogP contribution in [0.25, 0.3) is 0 Å². The minimum absolute atomic E-state index is 0.128. The lowest BCUT2D eigenvalue weighted by molar-refractivity contribution is -0.136. The Hall–Kier alpha value is -1.98. The van der Waals surface area contributed by atoms with Crippen molar-refractivity contribution in [2.45, 2.75) is 33.9 Å². The Kier molecular flexibility index (Phi) is 5.04. The summed E-state index contributed by atoms with van der Waals surface area (Å²) in [6.45, 7) is 7.75. The van der Waals surface area contributed by atoms with Crippen molar-refractivity contribution >= 4 is 11.7 Å².